The number of carboxylic acids is 1. The molecule has 0 spiro atoms. The Labute approximate surface area is 119 Å². The molecule has 1 aromatic rings. The second-order valence-corrected chi connectivity index (χ2v) is 4.76. The molecule has 0 unspecified atom stereocenters. The maximum Gasteiger partial charge on any atom is 0.305 e. The second-order valence-electron chi connectivity index (χ2n) is 4.76. The molecule has 1 amide bonds. The second kappa shape index (κ2) is 7.53. The molecule has 5 heteroatoms. The van der Waals surface area contributed by atoms with Crippen LogP contribution >= 0.6 is 0 Å². The quantitative estimate of drug-likeness (QED) is 0.829. The number of benzene rings is 1. The summed E-state index contributed by atoms with van der Waals surface area (Å²) in [5, 5.41) is 8.56. The minimum atomic E-state index is -0.906. The predicted octanol–water partition coefficient (Wildman–Crippen LogP) is 2.01. The summed E-state index contributed by atoms with van der Waals surface area (Å²) in [6, 6.07) is 5.80. The number of aryl methyl sites for hydroxylation is 1. The lowest BCUT2D eigenvalue weighted by atomic mass is 10.1. The fraction of sp³-hybridized carbons (Fsp3) is 0.467. The van der Waals surface area contributed by atoms with Crippen LogP contribution in [0.3, 0.4) is 0 Å². The Morgan fingerprint density at radius 3 is 2.60 bits per heavy atom. The van der Waals surface area contributed by atoms with Crippen LogP contribution in [0, 0.1) is 13.8 Å². The van der Waals surface area contributed by atoms with E-state index in [9.17, 15) is 9.59 Å². The highest BCUT2D eigenvalue weighted by atomic mass is 16.5. The first-order chi connectivity index (χ1) is 9.41. The van der Waals surface area contributed by atoms with E-state index >= 15 is 0 Å². The van der Waals surface area contributed by atoms with Gasteiger partial charge in [0.2, 0.25) is 5.91 Å². The molecule has 1 N–H and O–H groups in total. The van der Waals surface area contributed by atoms with Crippen LogP contribution in [0.5, 0.6) is 5.75 Å². The first-order valence-electron chi connectivity index (χ1n) is 6.56. The molecule has 0 saturated carbocycles. The smallest absolute Gasteiger partial charge is 0.305 e. The van der Waals surface area contributed by atoms with Crippen molar-refractivity contribution in [3.05, 3.63) is 29.3 Å². The third-order valence-corrected chi connectivity index (χ3v) is 3.22. The summed E-state index contributed by atoms with van der Waals surface area (Å²) < 4.78 is 5.60. The van der Waals surface area contributed by atoms with Crippen molar-refractivity contribution < 1.29 is 19.4 Å². The van der Waals surface area contributed by atoms with E-state index in [1.807, 2.05) is 32.0 Å². The zero-order valence-corrected chi connectivity index (χ0v) is 12.2. The predicted molar refractivity (Wildman–Crippen MR) is 75.9 cm³/mol. The fourth-order valence-corrected chi connectivity index (χ4v) is 1.71. The number of carbonyl (C=O) groups excluding carboxylic acids is 1. The number of aliphatic carboxylic acids is 1. The van der Waals surface area contributed by atoms with Gasteiger partial charge in [-0.3, -0.25) is 9.59 Å². The number of rotatable bonds is 7. The van der Waals surface area contributed by atoms with Crippen LogP contribution in [0.25, 0.3) is 0 Å². The Kier molecular flexibility index (Phi) is 6.03. The number of ether oxygens (including phenoxy) is 1. The maximum atomic E-state index is 11.8. The minimum Gasteiger partial charge on any atom is -0.493 e. The fourth-order valence-electron chi connectivity index (χ4n) is 1.71. The lowest BCUT2D eigenvalue weighted by Gasteiger charge is -2.16. The maximum absolute atomic E-state index is 11.8. The summed E-state index contributed by atoms with van der Waals surface area (Å²) in [5.74, 6) is -0.237. The van der Waals surface area contributed by atoms with E-state index in [4.69, 9.17) is 9.84 Å². The van der Waals surface area contributed by atoms with Crippen molar-refractivity contribution >= 4 is 11.9 Å². The van der Waals surface area contributed by atoms with Gasteiger partial charge in [0, 0.05) is 13.6 Å². The van der Waals surface area contributed by atoms with Crippen molar-refractivity contribution in [1.82, 2.24) is 4.90 Å². The van der Waals surface area contributed by atoms with Gasteiger partial charge in [-0.05, 0) is 31.0 Å². The van der Waals surface area contributed by atoms with Gasteiger partial charge in [0.1, 0.15) is 5.75 Å². The molecule has 0 radical (unpaired) electrons. The van der Waals surface area contributed by atoms with Crippen LogP contribution in [-0.2, 0) is 9.59 Å². The Bertz CT molecular complexity index is 485. The molecule has 1 aromatic carbocycles. The van der Waals surface area contributed by atoms with Crippen molar-refractivity contribution in [2.24, 2.45) is 0 Å². The number of hydrogen-bond donors (Lipinski definition) is 1. The topological polar surface area (TPSA) is 66.8 Å². The molecule has 0 aliphatic carbocycles. The van der Waals surface area contributed by atoms with Gasteiger partial charge in [0.05, 0.1) is 19.4 Å². The molecule has 0 fully saturated rings. The molecule has 110 valence electrons. The van der Waals surface area contributed by atoms with Crippen LogP contribution < -0.4 is 4.74 Å². The van der Waals surface area contributed by atoms with Gasteiger partial charge in [0.25, 0.3) is 0 Å². The van der Waals surface area contributed by atoms with Crippen LogP contribution in [-0.4, -0.2) is 42.1 Å². The van der Waals surface area contributed by atoms with Crippen molar-refractivity contribution in [3.8, 4) is 5.75 Å². The summed E-state index contributed by atoms with van der Waals surface area (Å²) in [6.07, 6.45) is 0.198. The number of carbonyl (C=O) groups is 2. The Balaban J connectivity index is 2.38. The first-order valence-corrected chi connectivity index (χ1v) is 6.56. The lowest BCUT2D eigenvalue weighted by molar-refractivity contribution is -0.138. The van der Waals surface area contributed by atoms with E-state index < -0.39 is 5.97 Å². The molecule has 0 saturated heterocycles. The van der Waals surface area contributed by atoms with Gasteiger partial charge < -0.3 is 14.7 Å². The van der Waals surface area contributed by atoms with Crippen LogP contribution in [0.15, 0.2) is 18.2 Å². The zero-order valence-electron chi connectivity index (χ0n) is 12.2. The van der Waals surface area contributed by atoms with E-state index in [1.165, 1.54) is 4.90 Å². The van der Waals surface area contributed by atoms with Crippen LogP contribution in [0.2, 0.25) is 0 Å². The third kappa shape index (κ3) is 4.91. The highest BCUT2D eigenvalue weighted by Crippen LogP contribution is 2.20. The van der Waals surface area contributed by atoms with E-state index in [0.29, 0.717) is 6.61 Å². The van der Waals surface area contributed by atoms with Gasteiger partial charge in [-0.15, -0.1) is 0 Å². The summed E-state index contributed by atoms with van der Waals surface area (Å²) in [5.41, 5.74) is 2.21. The number of amides is 1. The molecule has 0 heterocycles. The van der Waals surface area contributed by atoms with Crippen LogP contribution in [0.1, 0.15) is 24.0 Å². The Hall–Kier alpha value is -2.04. The molecule has 0 aliphatic rings. The van der Waals surface area contributed by atoms with Gasteiger partial charge in [0.15, 0.2) is 0 Å². The highest BCUT2D eigenvalue weighted by molar-refractivity contribution is 5.76. The summed E-state index contributed by atoms with van der Waals surface area (Å²) in [6.45, 7) is 4.50. The van der Waals surface area contributed by atoms with Crippen molar-refractivity contribution in [1.29, 1.82) is 0 Å². The number of nitrogens with zero attached hydrogens (tertiary/aromatic N) is 1. The van der Waals surface area contributed by atoms with E-state index in [2.05, 4.69) is 0 Å². The summed E-state index contributed by atoms with van der Waals surface area (Å²) in [7, 11) is 1.60. The summed E-state index contributed by atoms with van der Waals surface area (Å²) >= 11 is 0. The monoisotopic (exact) mass is 279 g/mol. The van der Waals surface area contributed by atoms with Crippen LogP contribution in [0.4, 0.5) is 0 Å². The molecule has 0 atom stereocenters. The summed E-state index contributed by atoms with van der Waals surface area (Å²) in [4.78, 5) is 23.6. The van der Waals surface area contributed by atoms with Crippen molar-refractivity contribution in [2.45, 2.75) is 26.7 Å². The average Bonchev–Trinajstić information content (AvgIpc) is 2.40. The van der Waals surface area contributed by atoms with E-state index in [1.54, 1.807) is 7.05 Å². The van der Waals surface area contributed by atoms with Gasteiger partial charge in [-0.2, -0.15) is 0 Å². The van der Waals surface area contributed by atoms with Gasteiger partial charge >= 0.3 is 5.97 Å². The molecule has 0 bridgehead atoms. The molecular weight excluding hydrogens is 258 g/mol. The van der Waals surface area contributed by atoms with E-state index in [-0.39, 0.29) is 25.3 Å². The zero-order chi connectivity index (χ0) is 15.1. The Morgan fingerprint density at radius 1 is 1.25 bits per heavy atom. The van der Waals surface area contributed by atoms with Crippen molar-refractivity contribution in [2.75, 3.05) is 20.2 Å². The molecule has 0 aromatic heterocycles. The Morgan fingerprint density at radius 2 is 1.95 bits per heavy atom. The lowest BCUT2D eigenvalue weighted by Crippen LogP contribution is -2.30. The molecular formula is C15H21NO4. The third-order valence-electron chi connectivity index (χ3n) is 3.22. The molecule has 0 aliphatic heterocycles. The molecule has 5 nitrogen and oxygen atoms in total. The SMILES string of the molecule is Cc1cccc(OCCC(=O)N(C)CCC(=O)O)c1C. The minimum absolute atomic E-state index is 0.0416. The molecule has 20 heavy (non-hydrogen) atoms. The first kappa shape index (κ1) is 16.0. The number of carboxylic acid groups (broad SMARTS) is 1. The standard InChI is InChI=1S/C15H21NO4/c1-11-5-4-6-13(12(11)2)20-10-8-14(17)16(3)9-7-15(18)19/h4-6H,7-10H2,1-3H3,(H,18,19). The van der Waals surface area contributed by atoms with E-state index in [0.717, 1.165) is 16.9 Å². The largest absolute Gasteiger partial charge is 0.493 e. The normalized spacial score (nSPS) is 10.2. The number of hydrogen-bond acceptors (Lipinski definition) is 3. The van der Waals surface area contributed by atoms with Crippen molar-refractivity contribution in [3.63, 3.8) is 0 Å². The average molecular weight is 279 g/mol. The highest BCUT2D eigenvalue weighted by Gasteiger charge is 2.10. The molecule has 1 rings (SSSR count). The van der Waals surface area contributed by atoms with Gasteiger partial charge in [-0.1, -0.05) is 12.1 Å². The van der Waals surface area contributed by atoms with Gasteiger partial charge in [-0.25, -0.2) is 0 Å².